The summed E-state index contributed by atoms with van der Waals surface area (Å²) in [6.45, 7) is 0.264. The second kappa shape index (κ2) is 11.0. The molecule has 1 N–H and O–H groups in total. The lowest BCUT2D eigenvalue weighted by atomic mass is 10.1. The molecule has 186 valence electrons. The number of para-hydroxylation sites is 1. The molecule has 0 saturated heterocycles. The van der Waals surface area contributed by atoms with Crippen LogP contribution in [0.5, 0.6) is 5.75 Å². The van der Waals surface area contributed by atoms with Crippen LogP contribution in [0.15, 0.2) is 96.4 Å². The highest BCUT2D eigenvalue weighted by atomic mass is 32.1. The summed E-state index contributed by atoms with van der Waals surface area (Å²) in [5, 5.41) is 13.3. The quantitative estimate of drug-likeness (QED) is 0.313. The number of methoxy groups -OCH3 is 1. The summed E-state index contributed by atoms with van der Waals surface area (Å²) in [6.07, 6.45) is 0. The second-order valence-electron chi connectivity index (χ2n) is 8.32. The summed E-state index contributed by atoms with van der Waals surface area (Å²) < 4.78 is 6.86. The van der Waals surface area contributed by atoms with Gasteiger partial charge in [-0.1, -0.05) is 53.7 Å². The van der Waals surface area contributed by atoms with Crippen molar-refractivity contribution >= 4 is 39.9 Å². The fourth-order valence-electron chi connectivity index (χ4n) is 4.12. The number of nitrogens with one attached hydrogen (secondary N) is 1. The lowest BCUT2D eigenvalue weighted by Gasteiger charge is -2.30. The molecule has 0 spiro atoms. The number of hydrogen-bond donors (Lipinski definition) is 1. The molecule has 5 aromatic rings. The van der Waals surface area contributed by atoms with E-state index in [0.717, 1.165) is 16.0 Å². The zero-order chi connectivity index (χ0) is 25.6. The van der Waals surface area contributed by atoms with Crippen molar-refractivity contribution in [3.05, 3.63) is 107 Å². The van der Waals surface area contributed by atoms with Gasteiger partial charge < -0.3 is 10.1 Å². The van der Waals surface area contributed by atoms with Gasteiger partial charge in [0.25, 0.3) is 0 Å². The molecule has 0 unspecified atom stereocenters. The summed E-state index contributed by atoms with van der Waals surface area (Å²) in [5.74, 6) is 0.0765. The van der Waals surface area contributed by atoms with Crippen molar-refractivity contribution in [2.45, 2.75) is 19.1 Å². The van der Waals surface area contributed by atoms with Gasteiger partial charge in [0.05, 0.1) is 12.6 Å². The molecule has 0 bridgehead atoms. The van der Waals surface area contributed by atoms with Crippen molar-refractivity contribution in [1.29, 1.82) is 0 Å². The molecule has 2 aromatic heterocycles. The van der Waals surface area contributed by atoms with Gasteiger partial charge in [-0.15, -0.1) is 16.4 Å². The van der Waals surface area contributed by atoms with Crippen LogP contribution < -0.4 is 15.0 Å². The molecule has 2 amide bonds. The van der Waals surface area contributed by atoms with Crippen molar-refractivity contribution in [3.8, 4) is 5.75 Å². The Kier molecular flexibility index (Phi) is 7.23. The Labute approximate surface area is 218 Å². The zero-order valence-electron chi connectivity index (χ0n) is 20.2. The smallest absolute Gasteiger partial charge is 0.249 e. The van der Waals surface area contributed by atoms with Gasteiger partial charge in [-0.05, 0) is 53.4 Å². The third-order valence-corrected chi connectivity index (χ3v) is 6.88. The number of fused-ring (bicyclic) bond motifs is 1. The Morgan fingerprint density at radius 1 is 0.973 bits per heavy atom. The molecule has 5 rings (SSSR count). The minimum atomic E-state index is -0.876. The van der Waals surface area contributed by atoms with Crippen molar-refractivity contribution < 1.29 is 14.3 Å². The van der Waals surface area contributed by atoms with E-state index >= 15 is 0 Å². The lowest BCUT2D eigenvalue weighted by molar-refractivity contribution is -0.127. The molecule has 8 nitrogen and oxygen atoms in total. The van der Waals surface area contributed by atoms with Gasteiger partial charge in [-0.3, -0.25) is 14.5 Å². The maximum atomic E-state index is 14.0. The normalized spacial score (nSPS) is 11.7. The molecule has 0 aliphatic carbocycles. The number of benzene rings is 3. The fraction of sp³-hybridized carbons (Fsp3) is 0.143. The Bertz CT molecular complexity index is 1480. The van der Waals surface area contributed by atoms with Crippen LogP contribution in [0.25, 0.3) is 11.0 Å². The molecule has 0 saturated carbocycles. The van der Waals surface area contributed by atoms with E-state index in [2.05, 4.69) is 15.6 Å². The number of nitrogens with zero attached hydrogens (tertiary/aromatic N) is 4. The lowest BCUT2D eigenvalue weighted by Crippen LogP contribution is -2.44. The summed E-state index contributed by atoms with van der Waals surface area (Å²) in [6, 6.07) is 27.1. The van der Waals surface area contributed by atoms with Crippen LogP contribution in [0, 0.1) is 0 Å². The van der Waals surface area contributed by atoms with Crippen LogP contribution in [-0.2, 0) is 22.7 Å². The van der Waals surface area contributed by atoms with Crippen molar-refractivity contribution in [1.82, 2.24) is 20.3 Å². The molecule has 2 heterocycles. The third-order valence-electron chi connectivity index (χ3n) is 5.95. The Hall–Kier alpha value is -4.50. The highest BCUT2D eigenvalue weighted by Gasteiger charge is 2.34. The maximum absolute atomic E-state index is 14.0. The van der Waals surface area contributed by atoms with E-state index in [1.165, 1.54) is 16.2 Å². The standard InChI is InChI=1S/C28H25N5O3S/c1-36-22-15-13-21(14-16-22)33(26(34)19-32-24-11-6-5-10-23(24)30-31-32)27(25-12-7-17-37-25)28(35)29-18-20-8-3-2-4-9-20/h2-17,27H,18-19H2,1H3,(H,29,35)/t27-/m0/s1. The largest absolute Gasteiger partial charge is 0.497 e. The van der Waals surface area contributed by atoms with E-state index in [-0.39, 0.29) is 18.4 Å². The molecule has 0 fully saturated rings. The van der Waals surface area contributed by atoms with Gasteiger partial charge in [0.1, 0.15) is 23.9 Å². The fourth-order valence-corrected chi connectivity index (χ4v) is 4.93. The number of thiophene rings is 1. The SMILES string of the molecule is COc1ccc(N(C(=O)Cn2nnc3ccccc32)[C@H](C(=O)NCc2ccccc2)c2cccs2)cc1. The Balaban J connectivity index is 1.51. The number of rotatable bonds is 9. The molecule has 0 aliphatic heterocycles. The van der Waals surface area contributed by atoms with Crippen LogP contribution in [0.2, 0.25) is 0 Å². The van der Waals surface area contributed by atoms with E-state index in [1.807, 2.05) is 72.1 Å². The van der Waals surface area contributed by atoms with Gasteiger partial charge in [-0.25, -0.2) is 4.68 Å². The highest BCUT2D eigenvalue weighted by Crippen LogP contribution is 2.32. The van der Waals surface area contributed by atoms with Crippen LogP contribution >= 0.6 is 11.3 Å². The number of amides is 2. The number of carbonyl (C=O) groups is 2. The molecule has 0 aliphatic rings. The summed E-state index contributed by atoms with van der Waals surface area (Å²) >= 11 is 1.43. The van der Waals surface area contributed by atoms with E-state index in [0.29, 0.717) is 23.5 Å². The average molecular weight is 512 g/mol. The molecular weight excluding hydrogens is 486 g/mol. The minimum Gasteiger partial charge on any atom is -0.497 e. The number of aromatic nitrogens is 3. The van der Waals surface area contributed by atoms with E-state index < -0.39 is 6.04 Å². The summed E-state index contributed by atoms with van der Waals surface area (Å²) in [5.41, 5.74) is 2.98. The maximum Gasteiger partial charge on any atom is 0.249 e. The van der Waals surface area contributed by atoms with E-state index in [9.17, 15) is 9.59 Å². The minimum absolute atomic E-state index is 0.0830. The van der Waals surface area contributed by atoms with Crippen molar-refractivity contribution in [3.63, 3.8) is 0 Å². The summed E-state index contributed by atoms with van der Waals surface area (Å²) in [4.78, 5) is 29.9. The van der Waals surface area contributed by atoms with Crippen LogP contribution in [-0.4, -0.2) is 33.9 Å². The van der Waals surface area contributed by atoms with Gasteiger partial charge in [0.15, 0.2) is 0 Å². The first-order valence-electron chi connectivity index (χ1n) is 11.7. The number of ether oxygens (including phenoxy) is 1. The number of carbonyl (C=O) groups excluding carboxylic acids is 2. The van der Waals surface area contributed by atoms with Crippen molar-refractivity contribution in [2.24, 2.45) is 0 Å². The van der Waals surface area contributed by atoms with Crippen LogP contribution in [0.3, 0.4) is 0 Å². The topological polar surface area (TPSA) is 89.3 Å². The molecule has 9 heteroatoms. The van der Waals surface area contributed by atoms with Crippen LogP contribution in [0.4, 0.5) is 5.69 Å². The molecule has 37 heavy (non-hydrogen) atoms. The zero-order valence-corrected chi connectivity index (χ0v) is 21.0. The monoisotopic (exact) mass is 511 g/mol. The van der Waals surface area contributed by atoms with E-state index in [4.69, 9.17) is 4.74 Å². The number of hydrogen-bond acceptors (Lipinski definition) is 6. The van der Waals surface area contributed by atoms with Gasteiger partial charge in [0.2, 0.25) is 11.8 Å². The Morgan fingerprint density at radius 2 is 1.73 bits per heavy atom. The van der Waals surface area contributed by atoms with Gasteiger partial charge in [-0.2, -0.15) is 0 Å². The highest BCUT2D eigenvalue weighted by molar-refractivity contribution is 7.10. The second-order valence-corrected chi connectivity index (χ2v) is 9.30. The molecule has 3 aromatic carbocycles. The van der Waals surface area contributed by atoms with Gasteiger partial charge >= 0.3 is 0 Å². The van der Waals surface area contributed by atoms with Gasteiger partial charge in [0, 0.05) is 17.1 Å². The Morgan fingerprint density at radius 3 is 2.46 bits per heavy atom. The number of anilines is 1. The molecule has 0 radical (unpaired) electrons. The summed E-state index contributed by atoms with van der Waals surface area (Å²) in [7, 11) is 1.58. The molecular formula is C28H25N5O3S. The first-order valence-corrected chi connectivity index (χ1v) is 12.6. The third kappa shape index (κ3) is 5.36. The first-order chi connectivity index (χ1) is 18.1. The predicted octanol–water partition coefficient (Wildman–Crippen LogP) is 4.59. The van der Waals surface area contributed by atoms with E-state index in [1.54, 1.807) is 36.1 Å². The molecule has 1 atom stereocenters. The van der Waals surface area contributed by atoms with Crippen LogP contribution in [0.1, 0.15) is 16.5 Å². The average Bonchev–Trinajstić information content (AvgIpc) is 3.62. The first kappa shape index (κ1) is 24.2. The predicted molar refractivity (Wildman–Crippen MR) is 143 cm³/mol. The van der Waals surface area contributed by atoms with Crippen molar-refractivity contribution in [2.75, 3.05) is 12.0 Å².